The maximum Gasteiger partial charge on any atom is 0.254 e. The lowest BCUT2D eigenvalue weighted by atomic mass is 9.67. The average Bonchev–Trinajstić information content (AvgIpc) is 3.36. The van der Waals surface area contributed by atoms with Gasteiger partial charge < -0.3 is 4.74 Å². The van der Waals surface area contributed by atoms with Gasteiger partial charge in [0.25, 0.3) is 5.91 Å². The highest BCUT2D eigenvalue weighted by molar-refractivity contribution is 5.95. The maximum atomic E-state index is 14.1. The number of hydrogen-bond acceptors (Lipinski definition) is 3. The molecule has 4 nitrogen and oxygen atoms in total. The molecule has 2 heterocycles. The lowest BCUT2D eigenvalue weighted by Crippen LogP contribution is -2.41. The fourth-order valence-electron chi connectivity index (χ4n) is 5.13. The van der Waals surface area contributed by atoms with E-state index in [0.717, 1.165) is 42.0 Å². The minimum atomic E-state index is -0.782. The van der Waals surface area contributed by atoms with Crippen molar-refractivity contribution in [3.8, 4) is 5.75 Å². The van der Waals surface area contributed by atoms with Crippen LogP contribution in [0.4, 0.5) is 0 Å². The SMILES string of the molecule is CCOc1ccc(C2N3CCCN3C(=O)C2(c2ccccc2)c2ccccc2)cc1. The quantitative estimate of drug-likeness (QED) is 0.631. The molecule has 0 aromatic heterocycles. The van der Waals surface area contributed by atoms with Gasteiger partial charge in [0.2, 0.25) is 0 Å². The summed E-state index contributed by atoms with van der Waals surface area (Å²) < 4.78 is 5.66. The molecule has 0 bridgehead atoms. The van der Waals surface area contributed by atoms with Crippen LogP contribution in [0.3, 0.4) is 0 Å². The fourth-order valence-corrected chi connectivity index (χ4v) is 5.13. The number of ether oxygens (including phenoxy) is 1. The topological polar surface area (TPSA) is 32.8 Å². The zero-order valence-electron chi connectivity index (χ0n) is 17.2. The Kier molecular flexibility index (Phi) is 4.80. The van der Waals surface area contributed by atoms with Gasteiger partial charge >= 0.3 is 0 Å². The molecule has 3 aromatic carbocycles. The number of hydrogen-bond donors (Lipinski definition) is 0. The van der Waals surface area contributed by atoms with Crippen LogP contribution in [-0.4, -0.2) is 35.6 Å². The Morgan fingerprint density at radius 3 is 2.03 bits per heavy atom. The summed E-state index contributed by atoms with van der Waals surface area (Å²) in [6.45, 7) is 4.28. The van der Waals surface area contributed by atoms with Gasteiger partial charge in [-0.2, -0.15) is 0 Å². The molecular formula is C26H26N2O2. The standard InChI is InChI=1S/C26H26N2O2/c1-2-30-23-16-14-20(15-17-23)24-26(21-10-5-3-6-11-21,22-12-7-4-8-13-22)25(29)28-19-9-18-27(24)28/h3-8,10-17,24H,2,9,18-19H2,1H3. The summed E-state index contributed by atoms with van der Waals surface area (Å²) in [5.41, 5.74) is 2.42. The van der Waals surface area contributed by atoms with Gasteiger partial charge in [-0.1, -0.05) is 72.8 Å². The van der Waals surface area contributed by atoms with Crippen molar-refractivity contribution in [3.63, 3.8) is 0 Å². The van der Waals surface area contributed by atoms with Crippen molar-refractivity contribution in [2.75, 3.05) is 19.7 Å². The maximum absolute atomic E-state index is 14.1. The third-order valence-corrected chi connectivity index (χ3v) is 6.31. The number of hydrazine groups is 1. The molecule has 5 rings (SSSR count). The molecule has 2 fully saturated rings. The third kappa shape index (κ3) is 2.75. The number of benzene rings is 3. The first-order valence-corrected chi connectivity index (χ1v) is 10.7. The molecule has 0 radical (unpaired) electrons. The monoisotopic (exact) mass is 398 g/mol. The molecular weight excluding hydrogens is 372 g/mol. The molecule has 0 spiro atoms. The molecule has 2 saturated heterocycles. The minimum Gasteiger partial charge on any atom is -0.494 e. The summed E-state index contributed by atoms with van der Waals surface area (Å²) in [6, 6.07) is 28.7. The van der Waals surface area contributed by atoms with Crippen LogP contribution in [0.1, 0.15) is 36.1 Å². The van der Waals surface area contributed by atoms with Crippen molar-refractivity contribution in [3.05, 3.63) is 102 Å². The van der Waals surface area contributed by atoms with Gasteiger partial charge in [-0.3, -0.25) is 9.80 Å². The summed E-state index contributed by atoms with van der Waals surface area (Å²) in [6.07, 6.45) is 0.999. The van der Waals surface area contributed by atoms with Gasteiger partial charge in [-0.25, -0.2) is 5.01 Å². The number of amides is 1. The lowest BCUT2D eigenvalue weighted by molar-refractivity contribution is -0.136. The molecule has 0 saturated carbocycles. The largest absolute Gasteiger partial charge is 0.494 e. The van der Waals surface area contributed by atoms with Crippen LogP contribution in [0.2, 0.25) is 0 Å². The van der Waals surface area contributed by atoms with Gasteiger partial charge in [0.05, 0.1) is 12.6 Å². The van der Waals surface area contributed by atoms with E-state index >= 15 is 0 Å². The molecule has 1 unspecified atom stereocenters. The average molecular weight is 399 g/mol. The normalized spacial score (nSPS) is 20.4. The van der Waals surface area contributed by atoms with Crippen LogP contribution in [0.25, 0.3) is 0 Å². The Balaban J connectivity index is 1.75. The van der Waals surface area contributed by atoms with Crippen molar-refractivity contribution in [2.45, 2.75) is 24.8 Å². The van der Waals surface area contributed by atoms with Gasteiger partial charge in [0.15, 0.2) is 0 Å². The van der Waals surface area contributed by atoms with Crippen LogP contribution < -0.4 is 4.74 Å². The molecule has 1 amide bonds. The Morgan fingerprint density at radius 1 is 0.867 bits per heavy atom. The third-order valence-electron chi connectivity index (χ3n) is 6.31. The predicted octanol–water partition coefficient (Wildman–Crippen LogP) is 4.58. The molecule has 1 atom stereocenters. The summed E-state index contributed by atoms with van der Waals surface area (Å²) >= 11 is 0. The van der Waals surface area contributed by atoms with E-state index in [2.05, 4.69) is 41.4 Å². The zero-order chi connectivity index (χ0) is 20.6. The Labute approximate surface area is 177 Å². The minimum absolute atomic E-state index is 0.104. The highest BCUT2D eigenvalue weighted by Gasteiger charge is 2.61. The van der Waals surface area contributed by atoms with Crippen molar-refractivity contribution in [1.82, 2.24) is 10.0 Å². The lowest BCUT2D eigenvalue weighted by Gasteiger charge is -2.36. The first-order valence-electron chi connectivity index (χ1n) is 10.7. The fraction of sp³-hybridized carbons (Fsp3) is 0.269. The van der Waals surface area contributed by atoms with E-state index < -0.39 is 5.41 Å². The molecule has 2 aliphatic heterocycles. The molecule has 0 N–H and O–H groups in total. The van der Waals surface area contributed by atoms with E-state index in [4.69, 9.17) is 4.74 Å². The van der Waals surface area contributed by atoms with E-state index in [-0.39, 0.29) is 11.9 Å². The predicted molar refractivity (Wildman–Crippen MR) is 117 cm³/mol. The van der Waals surface area contributed by atoms with Crippen molar-refractivity contribution >= 4 is 5.91 Å². The second kappa shape index (κ2) is 7.62. The zero-order valence-corrected chi connectivity index (χ0v) is 17.2. The number of rotatable bonds is 5. The van der Waals surface area contributed by atoms with Crippen molar-refractivity contribution in [2.24, 2.45) is 0 Å². The van der Waals surface area contributed by atoms with Gasteiger partial charge in [-0.05, 0) is 42.2 Å². The van der Waals surface area contributed by atoms with Crippen LogP contribution in [0.5, 0.6) is 5.75 Å². The summed E-state index contributed by atoms with van der Waals surface area (Å²) in [5.74, 6) is 1.02. The van der Waals surface area contributed by atoms with Crippen molar-refractivity contribution < 1.29 is 9.53 Å². The smallest absolute Gasteiger partial charge is 0.254 e. The van der Waals surface area contributed by atoms with Gasteiger partial charge in [-0.15, -0.1) is 0 Å². The van der Waals surface area contributed by atoms with E-state index in [9.17, 15) is 4.79 Å². The van der Waals surface area contributed by atoms with Crippen molar-refractivity contribution in [1.29, 1.82) is 0 Å². The molecule has 3 aromatic rings. The molecule has 2 aliphatic rings. The number of fused-ring (bicyclic) bond motifs is 1. The second-order valence-corrected chi connectivity index (χ2v) is 7.89. The summed E-state index contributed by atoms with van der Waals surface area (Å²) in [7, 11) is 0. The van der Waals surface area contributed by atoms with Gasteiger partial charge in [0.1, 0.15) is 11.2 Å². The molecule has 152 valence electrons. The van der Waals surface area contributed by atoms with Gasteiger partial charge in [0, 0.05) is 13.1 Å². The number of nitrogens with zero attached hydrogens (tertiary/aromatic N) is 2. The van der Waals surface area contributed by atoms with E-state index in [1.807, 2.05) is 60.5 Å². The van der Waals surface area contributed by atoms with E-state index in [1.54, 1.807) is 0 Å². The van der Waals surface area contributed by atoms with Crippen LogP contribution in [-0.2, 0) is 10.2 Å². The summed E-state index contributed by atoms with van der Waals surface area (Å²) in [5, 5.41) is 4.25. The number of carbonyl (C=O) groups is 1. The Bertz CT molecular complexity index is 978. The van der Waals surface area contributed by atoms with Crippen LogP contribution in [0, 0.1) is 0 Å². The molecule has 30 heavy (non-hydrogen) atoms. The summed E-state index contributed by atoms with van der Waals surface area (Å²) in [4.78, 5) is 14.1. The Hall–Kier alpha value is -3.11. The highest BCUT2D eigenvalue weighted by Crippen LogP contribution is 2.54. The number of carbonyl (C=O) groups excluding carboxylic acids is 1. The first kappa shape index (κ1) is 18.9. The molecule has 4 heteroatoms. The van der Waals surface area contributed by atoms with E-state index in [0.29, 0.717) is 6.61 Å². The van der Waals surface area contributed by atoms with Crippen LogP contribution >= 0.6 is 0 Å². The Morgan fingerprint density at radius 2 is 1.47 bits per heavy atom. The van der Waals surface area contributed by atoms with Crippen LogP contribution in [0.15, 0.2) is 84.9 Å². The first-order chi connectivity index (χ1) is 14.8. The second-order valence-electron chi connectivity index (χ2n) is 7.89. The highest BCUT2D eigenvalue weighted by atomic mass is 16.5. The van der Waals surface area contributed by atoms with E-state index in [1.165, 1.54) is 0 Å². The molecule has 0 aliphatic carbocycles.